The zero-order valence-corrected chi connectivity index (χ0v) is 11.0. The number of nitrogens with zero attached hydrogens (tertiary/aromatic N) is 2. The molecule has 1 aromatic rings. The van der Waals surface area contributed by atoms with Crippen LogP contribution < -0.4 is 0 Å². The van der Waals surface area contributed by atoms with Crippen LogP contribution in [0.15, 0.2) is 12.3 Å². The van der Waals surface area contributed by atoms with Crippen molar-refractivity contribution in [1.82, 2.24) is 9.78 Å². The van der Waals surface area contributed by atoms with Crippen LogP contribution >= 0.6 is 0 Å². The molecule has 0 amide bonds. The normalized spacial score (nSPS) is 28.7. The molecule has 4 heteroatoms. The Morgan fingerprint density at radius 2 is 2.28 bits per heavy atom. The molecule has 2 atom stereocenters. The minimum absolute atomic E-state index is 0.0719. The van der Waals surface area contributed by atoms with Crippen molar-refractivity contribution in [3.63, 3.8) is 0 Å². The van der Waals surface area contributed by atoms with Crippen molar-refractivity contribution < 1.29 is 9.84 Å². The van der Waals surface area contributed by atoms with E-state index in [1.165, 1.54) is 25.7 Å². The van der Waals surface area contributed by atoms with E-state index in [2.05, 4.69) is 5.10 Å². The van der Waals surface area contributed by atoms with E-state index in [1.54, 1.807) is 10.9 Å². The van der Waals surface area contributed by atoms with Crippen LogP contribution in [0.4, 0.5) is 0 Å². The molecule has 1 saturated carbocycles. The van der Waals surface area contributed by atoms with E-state index < -0.39 is 6.10 Å². The summed E-state index contributed by atoms with van der Waals surface area (Å²) >= 11 is 0. The van der Waals surface area contributed by atoms with Crippen LogP contribution in [-0.2, 0) is 11.8 Å². The van der Waals surface area contributed by atoms with Gasteiger partial charge in [-0.2, -0.15) is 5.10 Å². The quantitative estimate of drug-likeness (QED) is 0.875. The molecule has 3 rings (SSSR count). The third-order valence-corrected chi connectivity index (χ3v) is 4.65. The van der Waals surface area contributed by atoms with E-state index in [9.17, 15) is 5.11 Å². The first-order valence-corrected chi connectivity index (χ1v) is 7.00. The van der Waals surface area contributed by atoms with Crippen LogP contribution in [0.2, 0.25) is 0 Å². The summed E-state index contributed by atoms with van der Waals surface area (Å²) in [5.41, 5.74) is 0.998. The lowest BCUT2D eigenvalue weighted by Gasteiger charge is -2.40. The van der Waals surface area contributed by atoms with Crippen molar-refractivity contribution in [3.8, 4) is 0 Å². The molecule has 100 valence electrons. The molecule has 0 aromatic carbocycles. The minimum Gasteiger partial charge on any atom is -0.387 e. The lowest BCUT2D eigenvalue weighted by Crippen LogP contribution is -2.39. The van der Waals surface area contributed by atoms with Crippen LogP contribution in [0.5, 0.6) is 0 Å². The molecule has 1 aliphatic heterocycles. The molecule has 2 unspecified atom stereocenters. The molecule has 18 heavy (non-hydrogen) atoms. The van der Waals surface area contributed by atoms with Crippen molar-refractivity contribution >= 4 is 0 Å². The van der Waals surface area contributed by atoms with Crippen molar-refractivity contribution in [1.29, 1.82) is 0 Å². The highest BCUT2D eigenvalue weighted by Crippen LogP contribution is 2.45. The Kier molecular flexibility index (Phi) is 3.16. The predicted octanol–water partition coefficient (Wildman–Crippen LogP) is 2.19. The molecule has 1 aliphatic carbocycles. The molecule has 2 aliphatic rings. The lowest BCUT2D eigenvalue weighted by atomic mass is 9.81. The van der Waals surface area contributed by atoms with Crippen LogP contribution in [0.3, 0.4) is 0 Å². The molecular weight excluding hydrogens is 228 g/mol. The number of aryl methyl sites for hydroxylation is 1. The van der Waals surface area contributed by atoms with Crippen molar-refractivity contribution in [2.45, 2.75) is 50.2 Å². The lowest BCUT2D eigenvalue weighted by molar-refractivity contribution is -0.114. The number of aliphatic hydroxyl groups is 1. The molecule has 1 N–H and O–H groups in total. The number of hydrogen-bond acceptors (Lipinski definition) is 3. The molecule has 0 bridgehead atoms. The molecular formula is C14H22N2O2. The first-order valence-electron chi connectivity index (χ1n) is 7.00. The average molecular weight is 250 g/mol. The Morgan fingerprint density at radius 3 is 2.94 bits per heavy atom. The van der Waals surface area contributed by atoms with Crippen molar-refractivity contribution in [2.75, 3.05) is 6.61 Å². The first kappa shape index (κ1) is 12.2. The van der Waals surface area contributed by atoms with Gasteiger partial charge >= 0.3 is 0 Å². The van der Waals surface area contributed by atoms with Gasteiger partial charge in [0.25, 0.3) is 0 Å². The van der Waals surface area contributed by atoms with Gasteiger partial charge in [-0.3, -0.25) is 4.68 Å². The number of aliphatic hydroxyl groups excluding tert-OH is 1. The standard InChI is InChI=1S/C14H22N2O2/c1-16-12(4-8-15-16)13(17)11-5-9-18-14(10-11)6-2-3-7-14/h4,8,11,13,17H,2-3,5-7,9-10H2,1H3. The van der Waals surface area contributed by atoms with Gasteiger partial charge in [-0.25, -0.2) is 0 Å². The Balaban J connectivity index is 1.74. The third-order valence-electron chi connectivity index (χ3n) is 4.65. The summed E-state index contributed by atoms with van der Waals surface area (Å²) in [4.78, 5) is 0. The van der Waals surface area contributed by atoms with Gasteiger partial charge in [-0.15, -0.1) is 0 Å². The highest BCUT2D eigenvalue weighted by molar-refractivity contribution is 5.07. The number of rotatable bonds is 2. The Hall–Kier alpha value is -0.870. The average Bonchev–Trinajstić information content (AvgIpc) is 2.98. The van der Waals surface area contributed by atoms with Crippen LogP contribution in [0.1, 0.15) is 50.3 Å². The van der Waals surface area contributed by atoms with Crippen LogP contribution in [0.25, 0.3) is 0 Å². The van der Waals surface area contributed by atoms with E-state index in [0.29, 0.717) is 5.92 Å². The molecule has 1 spiro atoms. The zero-order chi connectivity index (χ0) is 12.6. The molecule has 1 saturated heterocycles. The van der Waals surface area contributed by atoms with Gasteiger partial charge in [0.1, 0.15) is 0 Å². The highest BCUT2D eigenvalue weighted by atomic mass is 16.5. The van der Waals surface area contributed by atoms with E-state index in [1.807, 2.05) is 13.1 Å². The van der Waals surface area contributed by atoms with E-state index in [0.717, 1.165) is 25.1 Å². The fraction of sp³-hybridized carbons (Fsp3) is 0.786. The summed E-state index contributed by atoms with van der Waals surface area (Å²) in [6.45, 7) is 0.791. The smallest absolute Gasteiger partial charge is 0.0986 e. The second-order valence-electron chi connectivity index (χ2n) is 5.82. The van der Waals surface area contributed by atoms with E-state index in [4.69, 9.17) is 4.74 Å². The van der Waals surface area contributed by atoms with Gasteiger partial charge in [0.15, 0.2) is 0 Å². The molecule has 2 heterocycles. The Labute approximate surface area is 108 Å². The van der Waals surface area contributed by atoms with Gasteiger partial charge in [-0.05, 0) is 37.7 Å². The van der Waals surface area contributed by atoms with Gasteiger partial charge in [-0.1, -0.05) is 12.8 Å². The Morgan fingerprint density at radius 1 is 1.50 bits per heavy atom. The zero-order valence-electron chi connectivity index (χ0n) is 11.0. The van der Waals surface area contributed by atoms with Gasteiger partial charge in [0.05, 0.1) is 17.4 Å². The molecule has 0 radical (unpaired) electrons. The third kappa shape index (κ3) is 2.08. The Bertz CT molecular complexity index is 410. The molecule has 1 aromatic heterocycles. The monoisotopic (exact) mass is 250 g/mol. The summed E-state index contributed by atoms with van der Waals surface area (Å²) in [6, 6.07) is 1.92. The van der Waals surface area contributed by atoms with Crippen molar-refractivity contribution in [3.05, 3.63) is 18.0 Å². The van der Waals surface area contributed by atoms with E-state index in [-0.39, 0.29) is 5.60 Å². The first-order chi connectivity index (χ1) is 8.70. The topological polar surface area (TPSA) is 47.3 Å². The van der Waals surface area contributed by atoms with Crippen molar-refractivity contribution in [2.24, 2.45) is 13.0 Å². The van der Waals surface area contributed by atoms with Gasteiger partial charge in [0, 0.05) is 19.9 Å². The molecule has 2 fully saturated rings. The number of ether oxygens (including phenoxy) is 1. The van der Waals surface area contributed by atoms with Gasteiger partial charge in [0.2, 0.25) is 0 Å². The predicted molar refractivity (Wildman–Crippen MR) is 68.0 cm³/mol. The SMILES string of the molecule is Cn1nccc1C(O)C1CCOC2(CCCC2)C1. The van der Waals surface area contributed by atoms with Crippen LogP contribution in [-0.4, -0.2) is 27.1 Å². The maximum absolute atomic E-state index is 10.5. The maximum atomic E-state index is 10.5. The highest BCUT2D eigenvalue weighted by Gasteiger charge is 2.42. The van der Waals surface area contributed by atoms with Crippen LogP contribution in [0, 0.1) is 5.92 Å². The number of hydrogen-bond donors (Lipinski definition) is 1. The molecule has 4 nitrogen and oxygen atoms in total. The van der Waals surface area contributed by atoms with E-state index >= 15 is 0 Å². The summed E-state index contributed by atoms with van der Waals surface area (Å²) in [6.07, 6.45) is 8.18. The summed E-state index contributed by atoms with van der Waals surface area (Å²) in [7, 11) is 1.89. The number of aromatic nitrogens is 2. The second kappa shape index (κ2) is 4.67. The second-order valence-corrected chi connectivity index (χ2v) is 5.82. The summed E-state index contributed by atoms with van der Waals surface area (Å²) < 4.78 is 7.80. The summed E-state index contributed by atoms with van der Waals surface area (Å²) in [5.74, 6) is 0.312. The fourth-order valence-corrected chi connectivity index (χ4v) is 3.62. The van der Waals surface area contributed by atoms with Gasteiger partial charge < -0.3 is 9.84 Å². The maximum Gasteiger partial charge on any atom is 0.0986 e. The minimum atomic E-state index is -0.404. The summed E-state index contributed by atoms with van der Waals surface area (Å²) in [5, 5.41) is 14.7. The fourth-order valence-electron chi connectivity index (χ4n) is 3.62. The largest absolute Gasteiger partial charge is 0.387 e.